The van der Waals surface area contributed by atoms with Gasteiger partial charge in [-0.3, -0.25) is 0 Å². The Bertz CT molecular complexity index is 157. The van der Waals surface area contributed by atoms with Crippen LogP contribution in [0.4, 0.5) is 0 Å². The lowest BCUT2D eigenvalue weighted by Crippen LogP contribution is -1.76. The molecule has 42 valence electrons. The van der Waals surface area contributed by atoms with E-state index in [4.69, 9.17) is 5.11 Å². The molecule has 0 radical (unpaired) electrons. The van der Waals surface area contributed by atoms with Gasteiger partial charge in [-0.2, -0.15) is 0 Å². The molecule has 1 N–H and O–H groups in total. The van der Waals surface area contributed by atoms with Gasteiger partial charge in [-0.15, -0.1) is 0 Å². The van der Waals surface area contributed by atoms with Crippen LogP contribution >= 0.6 is 0 Å². The van der Waals surface area contributed by atoms with Gasteiger partial charge in [0.05, 0.1) is 0 Å². The first-order chi connectivity index (χ1) is 3.81. The van der Waals surface area contributed by atoms with Gasteiger partial charge in [0, 0.05) is 0 Å². The Labute approximate surface area is 47.7 Å². The maximum atomic E-state index is 8.41. The standard InChI is InChI=1S/C6H6O2/c1-3-5-8-6(7)4-2/h5,7H,1-2H2. The summed E-state index contributed by atoms with van der Waals surface area (Å²) in [7, 11) is 0. The predicted molar refractivity (Wildman–Crippen MR) is 30.1 cm³/mol. The Hall–Kier alpha value is -1.36. The zero-order valence-corrected chi connectivity index (χ0v) is 4.35. The molecular formula is C6H6O2. The zero-order chi connectivity index (χ0) is 6.41. The summed E-state index contributed by atoms with van der Waals surface area (Å²) in [5.41, 5.74) is 4.39. The monoisotopic (exact) mass is 110 g/mol. The van der Waals surface area contributed by atoms with Gasteiger partial charge in [0.1, 0.15) is 6.26 Å². The number of hydrogen-bond acceptors (Lipinski definition) is 2. The average molecular weight is 110 g/mol. The van der Waals surface area contributed by atoms with Gasteiger partial charge in [0.25, 0.3) is 0 Å². The van der Waals surface area contributed by atoms with E-state index in [1.165, 1.54) is 0 Å². The highest BCUT2D eigenvalue weighted by atomic mass is 16.6. The lowest BCUT2D eigenvalue weighted by atomic mass is 10.8. The molecule has 0 aliphatic rings. The zero-order valence-electron chi connectivity index (χ0n) is 4.35. The molecule has 0 bridgehead atoms. The first kappa shape index (κ1) is 6.64. The Morgan fingerprint density at radius 3 is 2.62 bits per heavy atom. The summed E-state index contributed by atoms with van der Waals surface area (Å²) in [5, 5.41) is 8.41. The van der Waals surface area contributed by atoms with E-state index in [-0.39, 0.29) is 5.95 Å². The minimum Gasteiger partial charge on any atom is -0.475 e. The van der Waals surface area contributed by atoms with Gasteiger partial charge in [-0.05, 0) is 12.3 Å². The van der Waals surface area contributed by atoms with Crippen molar-refractivity contribution in [3.8, 4) is 0 Å². The van der Waals surface area contributed by atoms with Crippen LogP contribution in [0.3, 0.4) is 0 Å². The van der Waals surface area contributed by atoms with Crippen molar-refractivity contribution in [3.63, 3.8) is 0 Å². The lowest BCUT2D eigenvalue weighted by Gasteiger charge is -1.87. The third kappa shape index (κ3) is 2.86. The van der Waals surface area contributed by atoms with Crippen molar-refractivity contribution in [3.05, 3.63) is 36.8 Å². The van der Waals surface area contributed by atoms with Crippen molar-refractivity contribution in [2.75, 3.05) is 0 Å². The first-order valence-electron chi connectivity index (χ1n) is 1.91. The van der Waals surface area contributed by atoms with Crippen molar-refractivity contribution in [2.24, 2.45) is 0 Å². The number of rotatable bonds is 2. The summed E-state index contributed by atoms with van der Waals surface area (Å²) in [5.74, 6) is -0.374. The van der Waals surface area contributed by atoms with Crippen LogP contribution in [0.15, 0.2) is 36.8 Å². The molecule has 0 aromatic carbocycles. The largest absolute Gasteiger partial charge is 0.475 e. The van der Waals surface area contributed by atoms with Crippen LogP contribution in [-0.2, 0) is 4.74 Å². The maximum Gasteiger partial charge on any atom is 0.330 e. The highest BCUT2D eigenvalue weighted by Gasteiger charge is 1.79. The van der Waals surface area contributed by atoms with Crippen LogP contribution in [0.5, 0.6) is 0 Å². The van der Waals surface area contributed by atoms with E-state index in [9.17, 15) is 0 Å². The second-order valence-corrected chi connectivity index (χ2v) is 0.922. The number of aliphatic hydroxyl groups is 1. The van der Waals surface area contributed by atoms with Crippen LogP contribution in [-0.4, -0.2) is 5.11 Å². The minimum absolute atomic E-state index is 0.374. The highest BCUT2D eigenvalue weighted by molar-refractivity contribution is 4.78. The fourth-order valence-corrected chi connectivity index (χ4v) is 0.139. The SMILES string of the molecule is C=C=COC(O)=C=C. The molecule has 0 saturated carbocycles. The van der Waals surface area contributed by atoms with Crippen LogP contribution in [0.25, 0.3) is 0 Å². The molecule has 2 nitrogen and oxygen atoms in total. The van der Waals surface area contributed by atoms with E-state index in [0.717, 1.165) is 6.26 Å². The summed E-state index contributed by atoms with van der Waals surface area (Å²) < 4.78 is 4.34. The summed E-state index contributed by atoms with van der Waals surface area (Å²) in [4.78, 5) is 0. The predicted octanol–water partition coefficient (Wildman–Crippen LogP) is 1.49. The molecule has 0 saturated heterocycles. The Morgan fingerprint density at radius 2 is 2.25 bits per heavy atom. The molecule has 0 aliphatic heterocycles. The van der Waals surface area contributed by atoms with E-state index in [2.05, 4.69) is 29.4 Å². The Kier molecular flexibility index (Phi) is 3.17. The molecule has 0 heterocycles. The normalized spacial score (nSPS) is 6.00. The van der Waals surface area contributed by atoms with Crippen LogP contribution in [0.2, 0.25) is 0 Å². The molecule has 0 atom stereocenters. The highest BCUT2D eigenvalue weighted by Crippen LogP contribution is 1.85. The van der Waals surface area contributed by atoms with Gasteiger partial charge in [-0.25, -0.2) is 0 Å². The third-order valence-corrected chi connectivity index (χ3v) is 0.405. The fourth-order valence-electron chi connectivity index (χ4n) is 0.139. The fraction of sp³-hybridized carbons (Fsp3) is 0. The third-order valence-electron chi connectivity index (χ3n) is 0.405. The van der Waals surface area contributed by atoms with E-state index in [0.29, 0.717) is 0 Å². The number of aliphatic hydroxyl groups excluding tert-OH is 1. The van der Waals surface area contributed by atoms with E-state index >= 15 is 0 Å². The second-order valence-electron chi connectivity index (χ2n) is 0.922. The van der Waals surface area contributed by atoms with Gasteiger partial charge in [0.15, 0.2) is 0 Å². The van der Waals surface area contributed by atoms with Crippen molar-refractivity contribution in [2.45, 2.75) is 0 Å². The van der Waals surface area contributed by atoms with Crippen molar-refractivity contribution < 1.29 is 9.84 Å². The summed E-state index contributed by atoms with van der Waals surface area (Å²) in [6, 6.07) is 0. The average Bonchev–Trinajstić information content (AvgIpc) is 1.83. The summed E-state index contributed by atoms with van der Waals surface area (Å²) in [6.07, 6.45) is 1.10. The van der Waals surface area contributed by atoms with Gasteiger partial charge in [-0.1, -0.05) is 12.3 Å². The van der Waals surface area contributed by atoms with Crippen molar-refractivity contribution in [1.29, 1.82) is 0 Å². The quantitative estimate of drug-likeness (QED) is 0.431. The van der Waals surface area contributed by atoms with Crippen LogP contribution < -0.4 is 0 Å². The van der Waals surface area contributed by atoms with Crippen LogP contribution in [0.1, 0.15) is 0 Å². The van der Waals surface area contributed by atoms with Crippen molar-refractivity contribution in [1.82, 2.24) is 0 Å². The van der Waals surface area contributed by atoms with Gasteiger partial charge >= 0.3 is 5.95 Å². The second kappa shape index (κ2) is 3.82. The minimum atomic E-state index is -0.374. The van der Waals surface area contributed by atoms with E-state index in [1.54, 1.807) is 0 Å². The molecular weight excluding hydrogens is 104 g/mol. The van der Waals surface area contributed by atoms with Crippen molar-refractivity contribution >= 4 is 0 Å². The van der Waals surface area contributed by atoms with Gasteiger partial charge < -0.3 is 9.84 Å². The molecule has 0 aromatic rings. The molecule has 0 aliphatic carbocycles. The number of hydrogen-bond donors (Lipinski definition) is 1. The molecule has 0 spiro atoms. The molecule has 2 heteroatoms. The first-order valence-corrected chi connectivity index (χ1v) is 1.91. The number of ether oxygens (including phenoxy) is 1. The topological polar surface area (TPSA) is 29.5 Å². The Morgan fingerprint density at radius 1 is 1.62 bits per heavy atom. The summed E-state index contributed by atoms with van der Waals surface area (Å²) in [6.45, 7) is 6.30. The Balaban J connectivity index is 3.73. The molecule has 0 aromatic heterocycles. The molecule has 0 rings (SSSR count). The van der Waals surface area contributed by atoms with Gasteiger partial charge in [0.2, 0.25) is 0 Å². The molecule has 0 fully saturated rings. The smallest absolute Gasteiger partial charge is 0.330 e. The summed E-state index contributed by atoms with van der Waals surface area (Å²) >= 11 is 0. The van der Waals surface area contributed by atoms with Crippen LogP contribution in [0, 0.1) is 0 Å². The maximum absolute atomic E-state index is 8.41. The molecule has 0 amide bonds. The van der Waals surface area contributed by atoms with E-state index in [1.807, 2.05) is 0 Å². The lowest BCUT2D eigenvalue weighted by molar-refractivity contribution is 0.170. The molecule has 8 heavy (non-hydrogen) atoms. The molecule has 0 unspecified atom stereocenters. The van der Waals surface area contributed by atoms with E-state index < -0.39 is 0 Å².